The van der Waals surface area contributed by atoms with E-state index in [2.05, 4.69) is 10.3 Å². The van der Waals surface area contributed by atoms with Crippen LogP contribution in [0.3, 0.4) is 0 Å². The summed E-state index contributed by atoms with van der Waals surface area (Å²) < 4.78 is 33.6. The molecular formula is C22H29N3O5S2. The van der Waals surface area contributed by atoms with Crippen molar-refractivity contribution in [3.8, 4) is 16.2 Å². The predicted molar refractivity (Wildman–Crippen MR) is 123 cm³/mol. The van der Waals surface area contributed by atoms with Gasteiger partial charge in [0.1, 0.15) is 10.6 Å². The fourth-order valence-corrected chi connectivity index (χ4v) is 7.40. The summed E-state index contributed by atoms with van der Waals surface area (Å²) >= 11 is 1.34. The Balaban J connectivity index is 1.65. The first kappa shape index (κ1) is 23.2. The number of methoxy groups -OCH3 is 1. The topological polar surface area (TPSA) is 109 Å². The minimum Gasteiger partial charge on any atom is -0.495 e. The summed E-state index contributed by atoms with van der Waals surface area (Å²) in [6.45, 7) is 2.01. The van der Waals surface area contributed by atoms with Crippen LogP contribution in [0, 0.1) is 12.8 Å². The maximum absolute atomic E-state index is 13.4. The van der Waals surface area contributed by atoms with Gasteiger partial charge >= 0.3 is 0 Å². The van der Waals surface area contributed by atoms with Crippen LogP contribution in [0.2, 0.25) is 0 Å². The van der Waals surface area contributed by atoms with Crippen molar-refractivity contribution in [1.29, 1.82) is 0 Å². The van der Waals surface area contributed by atoms with E-state index in [0.29, 0.717) is 30.1 Å². The van der Waals surface area contributed by atoms with E-state index in [4.69, 9.17) is 4.74 Å². The van der Waals surface area contributed by atoms with Gasteiger partial charge < -0.3 is 15.2 Å². The molecule has 1 saturated heterocycles. The largest absolute Gasteiger partial charge is 0.495 e. The van der Waals surface area contributed by atoms with Crippen LogP contribution >= 0.6 is 11.3 Å². The Bertz CT molecular complexity index is 1090. The Hall–Kier alpha value is -2.01. The second-order valence-electron chi connectivity index (χ2n) is 8.36. The minimum absolute atomic E-state index is 0.00452. The molecule has 0 spiro atoms. The molecule has 8 nitrogen and oxygen atoms in total. The second-order valence-corrected chi connectivity index (χ2v) is 11.2. The van der Waals surface area contributed by atoms with Gasteiger partial charge in [-0.15, -0.1) is 0 Å². The number of aliphatic hydroxyl groups excluding tert-OH is 1. The fourth-order valence-electron chi connectivity index (χ4n) is 4.57. The highest BCUT2D eigenvalue weighted by atomic mass is 32.2. The number of amides is 1. The molecule has 0 unspecified atom stereocenters. The summed E-state index contributed by atoms with van der Waals surface area (Å²) in [6.07, 6.45) is 5.33. The molecule has 2 fully saturated rings. The number of carbonyl (C=O) groups is 1. The molecule has 1 amide bonds. The van der Waals surface area contributed by atoms with Gasteiger partial charge in [-0.3, -0.25) is 4.79 Å². The number of benzene rings is 1. The first-order valence-corrected chi connectivity index (χ1v) is 13.2. The summed E-state index contributed by atoms with van der Waals surface area (Å²) in [5.41, 5.74) is 1.42. The number of anilines is 1. The third-order valence-corrected chi connectivity index (χ3v) is 9.39. The number of aromatic nitrogens is 1. The van der Waals surface area contributed by atoms with Gasteiger partial charge in [-0.05, 0) is 56.4 Å². The molecule has 10 heteroatoms. The summed E-state index contributed by atoms with van der Waals surface area (Å²) in [7, 11) is -2.41. The molecule has 2 heterocycles. The molecule has 1 aromatic carbocycles. The van der Waals surface area contributed by atoms with Crippen molar-refractivity contribution >= 4 is 32.4 Å². The average Bonchev–Trinajstić information content (AvgIpc) is 3.54. The summed E-state index contributed by atoms with van der Waals surface area (Å²) in [6, 6.07) is 4.62. The van der Waals surface area contributed by atoms with E-state index in [1.165, 1.54) is 22.8 Å². The van der Waals surface area contributed by atoms with Crippen molar-refractivity contribution in [2.75, 3.05) is 25.6 Å². The van der Waals surface area contributed by atoms with Crippen molar-refractivity contribution in [3.63, 3.8) is 0 Å². The molecule has 1 saturated carbocycles. The highest BCUT2D eigenvalue weighted by Crippen LogP contribution is 2.39. The average molecular weight is 480 g/mol. The third-order valence-electron chi connectivity index (χ3n) is 6.30. The first-order chi connectivity index (χ1) is 15.3. The zero-order valence-electron chi connectivity index (χ0n) is 18.3. The SMILES string of the molecule is COc1ccc(-c2sc(NC(=O)C3CCCC3)nc2C)cc1S(=O)(=O)N1CCC[C@H]1CO. The van der Waals surface area contributed by atoms with Crippen LogP contribution in [0.1, 0.15) is 44.2 Å². The number of rotatable bonds is 7. The molecule has 2 N–H and O–H groups in total. The molecule has 2 aliphatic rings. The lowest BCUT2D eigenvalue weighted by molar-refractivity contribution is -0.119. The number of aliphatic hydroxyl groups is 1. The maximum atomic E-state index is 13.4. The van der Waals surface area contributed by atoms with Crippen LogP contribution in [-0.4, -0.2) is 55.0 Å². The Kier molecular flexibility index (Phi) is 6.85. The van der Waals surface area contributed by atoms with Crippen LogP contribution in [0.25, 0.3) is 10.4 Å². The molecule has 32 heavy (non-hydrogen) atoms. The number of ether oxygens (including phenoxy) is 1. The van der Waals surface area contributed by atoms with Crippen LogP contribution in [0.4, 0.5) is 5.13 Å². The van der Waals surface area contributed by atoms with E-state index in [1.807, 2.05) is 6.92 Å². The summed E-state index contributed by atoms with van der Waals surface area (Å²) in [4.78, 5) is 17.8. The third kappa shape index (κ3) is 4.41. The number of thiazole rings is 1. The van der Waals surface area contributed by atoms with E-state index < -0.39 is 16.1 Å². The van der Waals surface area contributed by atoms with Gasteiger partial charge in [-0.1, -0.05) is 24.2 Å². The van der Waals surface area contributed by atoms with E-state index in [1.54, 1.807) is 18.2 Å². The molecule has 1 aliphatic heterocycles. The molecule has 1 aliphatic carbocycles. The smallest absolute Gasteiger partial charge is 0.247 e. The maximum Gasteiger partial charge on any atom is 0.247 e. The van der Waals surface area contributed by atoms with Gasteiger partial charge in [0.05, 0.1) is 24.3 Å². The molecule has 0 bridgehead atoms. The molecule has 2 aromatic rings. The molecular weight excluding hydrogens is 450 g/mol. The number of hydrogen-bond donors (Lipinski definition) is 2. The minimum atomic E-state index is -3.85. The Morgan fingerprint density at radius 2 is 2.03 bits per heavy atom. The lowest BCUT2D eigenvalue weighted by atomic mass is 10.1. The Morgan fingerprint density at radius 3 is 2.72 bits per heavy atom. The number of sulfonamides is 1. The van der Waals surface area contributed by atoms with E-state index in [0.717, 1.165) is 36.3 Å². The van der Waals surface area contributed by atoms with Crippen molar-refractivity contribution in [2.45, 2.75) is 56.4 Å². The number of nitrogens with one attached hydrogen (secondary N) is 1. The van der Waals surface area contributed by atoms with E-state index in [-0.39, 0.29) is 29.1 Å². The quantitative estimate of drug-likeness (QED) is 0.630. The van der Waals surface area contributed by atoms with Crippen LogP contribution in [-0.2, 0) is 14.8 Å². The van der Waals surface area contributed by atoms with Crippen molar-refractivity contribution in [3.05, 3.63) is 23.9 Å². The molecule has 0 radical (unpaired) electrons. The van der Waals surface area contributed by atoms with Crippen LogP contribution in [0.5, 0.6) is 5.75 Å². The zero-order valence-corrected chi connectivity index (χ0v) is 20.0. The molecule has 174 valence electrons. The van der Waals surface area contributed by atoms with Gasteiger partial charge in [-0.2, -0.15) is 4.31 Å². The van der Waals surface area contributed by atoms with Crippen molar-refractivity contribution < 1.29 is 23.1 Å². The number of hydrogen-bond acceptors (Lipinski definition) is 7. The second kappa shape index (κ2) is 9.46. The van der Waals surface area contributed by atoms with Gasteiger partial charge in [0.25, 0.3) is 0 Å². The Morgan fingerprint density at radius 1 is 1.28 bits per heavy atom. The lowest BCUT2D eigenvalue weighted by Gasteiger charge is -2.23. The van der Waals surface area contributed by atoms with Crippen molar-refractivity contribution in [2.24, 2.45) is 5.92 Å². The van der Waals surface area contributed by atoms with E-state index >= 15 is 0 Å². The van der Waals surface area contributed by atoms with Gasteiger partial charge in [0.2, 0.25) is 15.9 Å². The predicted octanol–water partition coefficient (Wildman–Crippen LogP) is 3.40. The highest BCUT2D eigenvalue weighted by molar-refractivity contribution is 7.89. The van der Waals surface area contributed by atoms with Crippen LogP contribution < -0.4 is 10.1 Å². The van der Waals surface area contributed by atoms with Gasteiger partial charge in [-0.25, -0.2) is 13.4 Å². The number of carbonyl (C=O) groups excluding carboxylic acids is 1. The van der Waals surface area contributed by atoms with Crippen molar-refractivity contribution in [1.82, 2.24) is 9.29 Å². The number of aryl methyl sites for hydroxylation is 1. The lowest BCUT2D eigenvalue weighted by Crippen LogP contribution is -2.37. The molecule has 4 rings (SSSR count). The van der Waals surface area contributed by atoms with Gasteiger partial charge in [0, 0.05) is 18.5 Å². The molecule has 1 atom stereocenters. The highest BCUT2D eigenvalue weighted by Gasteiger charge is 2.37. The van der Waals surface area contributed by atoms with Crippen LogP contribution in [0.15, 0.2) is 23.1 Å². The normalized spacial score (nSPS) is 20.0. The Labute approximate surface area is 192 Å². The van der Waals surface area contributed by atoms with Gasteiger partial charge in [0.15, 0.2) is 5.13 Å². The number of nitrogens with zero attached hydrogens (tertiary/aromatic N) is 2. The monoisotopic (exact) mass is 479 g/mol. The summed E-state index contributed by atoms with van der Waals surface area (Å²) in [5.74, 6) is 0.305. The summed E-state index contributed by atoms with van der Waals surface area (Å²) in [5, 5.41) is 13.1. The molecule has 1 aromatic heterocycles. The first-order valence-electron chi connectivity index (χ1n) is 10.9. The standard InChI is InChI=1S/C22H29N3O5S2/c1-14-20(31-22(23-14)24-21(27)15-6-3-4-7-15)16-9-10-18(30-2)19(12-16)32(28,29)25-11-5-8-17(25)13-26/h9-10,12,15,17,26H,3-8,11,13H2,1-2H3,(H,23,24,27)/t17-/m0/s1. The fraction of sp³-hybridized carbons (Fsp3) is 0.545. The zero-order chi connectivity index (χ0) is 22.9. The van der Waals surface area contributed by atoms with E-state index in [9.17, 15) is 18.3 Å².